The van der Waals surface area contributed by atoms with E-state index in [9.17, 15) is 13.2 Å². The molecule has 0 aliphatic heterocycles. The van der Waals surface area contributed by atoms with E-state index in [1.807, 2.05) is 0 Å². The number of hydrogen-bond acceptors (Lipinski definition) is 3. The third kappa shape index (κ3) is 6.30. The zero-order valence-corrected chi connectivity index (χ0v) is 8.21. The standard InChI is InChI=1S/C7H12O5S/c1-5(4-13(10,11)12)3-6(2)7(8)9/h3,5H,4H2,1-2H3,(H,8,9)(H,10,11,12). The van der Waals surface area contributed by atoms with Crippen molar-refractivity contribution in [3.05, 3.63) is 11.6 Å². The van der Waals surface area contributed by atoms with Crippen LogP contribution in [0.4, 0.5) is 0 Å². The lowest BCUT2D eigenvalue weighted by molar-refractivity contribution is -0.132. The lowest BCUT2D eigenvalue weighted by Gasteiger charge is -2.03. The predicted molar refractivity (Wildman–Crippen MR) is 47.0 cm³/mol. The molecule has 1 atom stereocenters. The van der Waals surface area contributed by atoms with E-state index < -0.39 is 27.8 Å². The molecule has 0 aliphatic rings. The van der Waals surface area contributed by atoms with Crippen molar-refractivity contribution < 1.29 is 22.9 Å². The molecular formula is C7H12O5S. The summed E-state index contributed by atoms with van der Waals surface area (Å²) in [4.78, 5) is 10.3. The molecule has 0 saturated heterocycles. The second kappa shape index (κ2) is 4.38. The maximum atomic E-state index is 10.4. The van der Waals surface area contributed by atoms with E-state index in [2.05, 4.69) is 0 Å². The summed E-state index contributed by atoms with van der Waals surface area (Å²) in [7, 11) is -4.03. The zero-order valence-electron chi connectivity index (χ0n) is 7.39. The molecule has 0 bridgehead atoms. The normalized spacial score (nSPS) is 15.5. The van der Waals surface area contributed by atoms with Crippen LogP contribution in [0.2, 0.25) is 0 Å². The number of aliphatic carboxylic acids is 1. The van der Waals surface area contributed by atoms with Gasteiger partial charge in [-0.2, -0.15) is 8.42 Å². The summed E-state index contributed by atoms with van der Waals surface area (Å²) in [6.07, 6.45) is 1.29. The Kier molecular flexibility index (Phi) is 4.09. The van der Waals surface area contributed by atoms with E-state index >= 15 is 0 Å². The topological polar surface area (TPSA) is 91.7 Å². The van der Waals surface area contributed by atoms with Crippen molar-refractivity contribution in [2.24, 2.45) is 5.92 Å². The van der Waals surface area contributed by atoms with Gasteiger partial charge in [-0.25, -0.2) is 4.79 Å². The zero-order chi connectivity index (χ0) is 10.6. The molecule has 0 aromatic carbocycles. The monoisotopic (exact) mass is 208 g/mol. The SMILES string of the molecule is CC(=CC(C)CS(=O)(=O)O)C(=O)O. The molecule has 0 fully saturated rings. The summed E-state index contributed by atoms with van der Waals surface area (Å²) >= 11 is 0. The van der Waals surface area contributed by atoms with Crippen LogP contribution in [-0.4, -0.2) is 29.8 Å². The van der Waals surface area contributed by atoms with E-state index in [1.54, 1.807) is 0 Å². The molecule has 6 heteroatoms. The first-order valence-corrected chi connectivity index (χ1v) is 5.20. The minimum absolute atomic E-state index is 0.0659. The van der Waals surface area contributed by atoms with Gasteiger partial charge in [0.15, 0.2) is 0 Å². The molecule has 0 rings (SSSR count). The van der Waals surface area contributed by atoms with Crippen molar-refractivity contribution in [2.45, 2.75) is 13.8 Å². The first-order valence-electron chi connectivity index (χ1n) is 3.59. The summed E-state index contributed by atoms with van der Waals surface area (Å²) in [5.41, 5.74) is 0.0659. The molecule has 13 heavy (non-hydrogen) atoms. The predicted octanol–water partition coefficient (Wildman–Crippen LogP) is 0.541. The minimum Gasteiger partial charge on any atom is -0.478 e. The van der Waals surface area contributed by atoms with Crippen LogP contribution in [0.1, 0.15) is 13.8 Å². The van der Waals surface area contributed by atoms with Crippen molar-refractivity contribution in [1.82, 2.24) is 0 Å². The largest absolute Gasteiger partial charge is 0.478 e. The van der Waals surface area contributed by atoms with Crippen LogP contribution in [0, 0.1) is 5.92 Å². The van der Waals surface area contributed by atoms with Crippen molar-refractivity contribution in [1.29, 1.82) is 0 Å². The minimum atomic E-state index is -4.03. The molecule has 0 heterocycles. The molecule has 0 spiro atoms. The molecule has 76 valence electrons. The maximum Gasteiger partial charge on any atom is 0.330 e. The highest BCUT2D eigenvalue weighted by Gasteiger charge is 2.11. The van der Waals surface area contributed by atoms with E-state index in [4.69, 9.17) is 9.66 Å². The average molecular weight is 208 g/mol. The van der Waals surface area contributed by atoms with Gasteiger partial charge in [-0.3, -0.25) is 4.55 Å². The molecule has 1 unspecified atom stereocenters. The first kappa shape index (κ1) is 12.1. The molecule has 0 saturated carbocycles. The highest BCUT2D eigenvalue weighted by molar-refractivity contribution is 7.85. The van der Waals surface area contributed by atoms with E-state index in [0.717, 1.165) is 0 Å². The summed E-state index contributed by atoms with van der Waals surface area (Å²) in [6, 6.07) is 0. The van der Waals surface area contributed by atoms with Gasteiger partial charge in [0.05, 0.1) is 5.75 Å². The van der Waals surface area contributed by atoms with Gasteiger partial charge in [0.1, 0.15) is 0 Å². The molecule has 0 aromatic heterocycles. The molecule has 0 amide bonds. The van der Waals surface area contributed by atoms with Crippen LogP contribution in [0.3, 0.4) is 0 Å². The Morgan fingerprint density at radius 2 is 2.00 bits per heavy atom. The molecular weight excluding hydrogens is 196 g/mol. The average Bonchev–Trinajstić information content (AvgIpc) is 1.81. The summed E-state index contributed by atoms with van der Waals surface area (Å²) in [5, 5.41) is 8.45. The van der Waals surface area contributed by atoms with Gasteiger partial charge >= 0.3 is 5.97 Å². The lowest BCUT2D eigenvalue weighted by atomic mass is 10.1. The van der Waals surface area contributed by atoms with Gasteiger partial charge in [0.2, 0.25) is 0 Å². The summed E-state index contributed by atoms with van der Waals surface area (Å²) in [5.74, 6) is -2.06. The quantitative estimate of drug-likeness (QED) is 0.519. The van der Waals surface area contributed by atoms with E-state index in [0.29, 0.717) is 0 Å². The third-order valence-corrected chi connectivity index (χ3v) is 2.29. The Morgan fingerprint density at radius 1 is 1.54 bits per heavy atom. The Morgan fingerprint density at radius 3 is 2.31 bits per heavy atom. The molecule has 5 nitrogen and oxygen atoms in total. The van der Waals surface area contributed by atoms with Gasteiger partial charge in [-0.05, 0) is 12.8 Å². The fourth-order valence-electron chi connectivity index (χ4n) is 0.878. The molecule has 0 aliphatic carbocycles. The Bertz CT molecular complexity index is 314. The number of rotatable bonds is 4. The lowest BCUT2D eigenvalue weighted by Crippen LogP contribution is -2.12. The summed E-state index contributed by atoms with van der Waals surface area (Å²) < 4.78 is 29.2. The van der Waals surface area contributed by atoms with Gasteiger partial charge in [-0.1, -0.05) is 13.0 Å². The second-order valence-electron chi connectivity index (χ2n) is 2.88. The van der Waals surface area contributed by atoms with Gasteiger partial charge < -0.3 is 5.11 Å². The Labute approximate surface area is 76.8 Å². The smallest absolute Gasteiger partial charge is 0.330 e. The number of hydrogen-bond donors (Lipinski definition) is 2. The summed E-state index contributed by atoms with van der Waals surface area (Å²) in [6.45, 7) is 2.88. The number of allylic oxidation sites excluding steroid dienone is 1. The molecule has 0 radical (unpaired) electrons. The highest BCUT2D eigenvalue weighted by Crippen LogP contribution is 2.05. The van der Waals surface area contributed by atoms with E-state index in [1.165, 1.54) is 19.9 Å². The van der Waals surface area contributed by atoms with Crippen molar-refractivity contribution in [2.75, 3.05) is 5.75 Å². The third-order valence-electron chi connectivity index (χ3n) is 1.35. The second-order valence-corrected chi connectivity index (χ2v) is 4.38. The molecule has 2 N–H and O–H groups in total. The van der Waals surface area contributed by atoms with Crippen LogP contribution < -0.4 is 0 Å². The highest BCUT2D eigenvalue weighted by atomic mass is 32.2. The van der Waals surface area contributed by atoms with Gasteiger partial charge in [0, 0.05) is 5.57 Å². The fraction of sp³-hybridized carbons (Fsp3) is 0.571. The molecule has 0 aromatic rings. The first-order chi connectivity index (χ1) is 5.72. The number of carboxylic acid groups (broad SMARTS) is 1. The Hall–Kier alpha value is -0.880. The van der Waals surface area contributed by atoms with Crippen molar-refractivity contribution in [3.8, 4) is 0 Å². The van der Waals surface area contributed by atoms with Gasteiger partial charge in [0.25, 0.3) is 10.1 Å². The van der Waals surface area contributed by atoms with Crippen molar-refractivity contribution in [3.63, 3.8) is 0 Å². The van der Waals surface area contributed by atoms with E-state index in [-0.39, 0.29) is 5.57 Å². The van der Waals surface area contributed by atoms with Gasteiger partial charge in [-0.15, -0.1) is 0 Å². The number of carbonyl (C=O) groups is 1. The van der Waals surface area contributed by atoms with Crippen LogP contribution in [0.5, 0.6) is 0 Å². The Balaban J connectivity index is 4.40. The van der Waals surface area contributed by atoms with Crippen LogP contribution >= 0.6 is 0 Å². The fourth-order valence-corrected chi connectivity index (χ4v) is 1.64. The maximum absolute atomic E-state index is 10.4. The number of carboxylic acids is 1. The van der Waals surface area contributed by atoms with Crippen LogP contribution in [0.25, 0.3) is 0 Å². The van der Waals surface area contributed by atoms with Crippen molar-refractivity contribution >= 4 is 16.1 Å². The van der Waals surface area contributed by atoms with Crippen LogP contribution in [-0.2, 0) is 14.9 Å². The van der Waals surface area contributed by atoms with Crippen LogP contribution in [0.15, 0.2) is 11.6 Å².